The highest BCUT2D eigenvalue weighted by molar-refractivity contribution is 6.16. The lowest BCUT2D eigenvalue weighted by atomic mass is 10.1. The lowest BCUT2D eigenvalue weighted by Crippen LogP contribution is -1.96. The van der Waals surface area contributed by atoms with Gasteiger partial charge in [0.1, 0.15) is 23.3 Å². The minimum absolute atomic E-state index is 0.0507. The third-order valence-electron chi connectivity index (χ3n) is 4.32. The van der Waals surface area contributed by atoms with Crippen LogP contribution in [0.15, 0.2) is 65.9 Å². The monoisotopic (exact) mass is 487 g/mol. The van der Waals surface area contributed by atoms with Crippen LogP contribution < -0.4 is 0 Å². The van der Waals surface area contributed by atoms with E-state index in [0.29, 0.717) is 11.3 Å². The van der Waals surface area contributed by atoms with Crippen LogP contribution in [-0.4, -0.2) is 20.4 Å². The first-order valence-electron chi connectivity index (χ1n) is 9.54. The largest absolute Gasteiger partial charge is 0.206 e. The number of benzene rings is 2. The zero-order valence-corrected chi connectivity index (χ0v) is 18.0. The standard InChI is InChI=1S/C11H7ClF2N2.C11H7F2N5/c12-6-7-4-5-10(16-15-7)11-8(13)2-1-3-9(11)14;12-8-2-1-3-9(13)11(8)10-4-7(5-15-17-10)6-16-18-14/h1-5H,6H2;1-5H,6H2. The van der Waals surface area contributed by atoms with Crippen molar-refractivity contribution in [2.45, 2.75) is 12.4 Å². The van der Waals surface area contributed by atoms with Gasteiger partial charge in [0.2, 0.25) is 0 Å². The van der Waals surface area contributed by atoms with Gasteiger partial charge in [0, 0.05) is 4.91 Å². The van der Waals surface area contributed by atoms with Gasteiger partial charge < -0.3 is 0 Å². The molecule has 0 spiro atoms. The number of aromatic nitrogens is 4. The van der Waals surface area contributed by atoms with Gasteiger partial charge in [-0.25, -0.2) is 17.6 Å². The molecule has 12 heteroatoms. The highest BCUT2D eigenvalue weighted by Crippen LogP contribution is 2.25. The molecule has 4 aromatic rings. The average molecular weight is 488 g/mol. The summed E-state index contributed by atoms with van der Waals surface area (Å²) in [5, 5.41) is 18.1. The maximum atomic E-state index is 13.5. The van der Waals surface area contributed by atoms with Gasteiger partial charge in [-0.1, -0.05) is 17.2 Å². The third kappa shape index (κ3) is 6.03. The van der Waals surface area contributed by atoms with Crippen LogP contribution in [0, 0.1) is 23.3 Å². The van der Waals surface area contributed by atoms with Gasteiger partial charge in [0.25, 0.3) is 0 Å². The molecule has 34 heavy (non-hydrogen) atoms. The van der Waals surface area contributed by atoms with Crippen molar-refractivity contribution in [2.24, 2.45) is 5.11 Å². The molecule has 172 valence electrons. The molecule has 0 fully saturated rings. The summed E-state index contributed by atoms with van der Waals surface area (Å²) in [4.78, 5) is 2.60. The first-order valence-corrected chi connectivity index (χ1v) is 10.1. The molecule has 2 heterocycles. The third-order valence-corrected chi connectivity index (χ3v) is 4.60. The lowest BCUT2D eigenvalue weighted by molar-refractivity contribution is 0.587. The van der Waals surface area contributed by atoms with Crippen LogP contribution in [0.2, 0.25) is 0 Å². The van der Waals surface area contributed by atoms with Crippen molar-refractivity contribution in [3.8, 4) is 22.5 Å². The number of rotatable bonds is 5. The molecule has 0 aliphatic carbocycles. The number of azide groups is 1. The summed E-state index contributed by atoms with van der Waals surface area (Å²) in [7, 11) is 0. The summed E-state index contributed by atoms with van der Waals surface area (Å²) in [6.45, 7) is 0.0507. The van der Waals surface area contributed by atoms with Crippen molar-refractivity contribution in [3.05, 3.63) is 106 Å². The summed E-state index contributed by atoms with van der Waals surface area (Å²) < 4.78 is 53.8. The molecule has 0 unspecified atom stereocenters. The molecule has 0 amide bonds. The second kappa shape index (κ2) is 11.7. The molecule has 7 nitrogen and oxygen atoms in total. The van der Waals surface area contributed by atoms with E-state index in [1.165, 1.54) is 42.6 Å². The van der Waals surface area contributed by atoms with Crippen molar-refractivity contribution in [1.29, 1.82) is 0 Å². The van der Waals surface area contributed by atoms with Crippen molar-refractivity contribution in [3.63, 3.8) is 0 Å². The fourth-order valence-electron chi connectivity index (χ4n) is 2.78. The predicted octanol–water partition coefficient (Wildman–Crippen LogP) is 6.39. The quantitative estimate of drug-likeness (QED) is 0.107. The molecule has 2 aromatic heterocycles. The molecule has 4 rings (SSSR count). The van der Waals surface area contributed by atoms with Crippen molar-refractivity contribution < 1.29 is 17.6 Å². The second-order valence-corrected chi connectivity index (χ2v) is 6.84. The minimum atomic E-state index is -0.717. The zero-order chi connectivity index (χ0) is 24.5. The number of hydrogen-bond donors (Lipinski definition) is 0. The molecule has 0 N–H and O–H groups in total. The van der Waals surface area contributed by atoms with E-state index in [2.05, 4.69) is 30.4 Å². The summed E-state index contributed by atoms with van der Waals surface area (Å²) in [6.07, 6.45) is 1.37. The molecule has 0 aliphatic rings. The molecular weight excluding hydrogens is 474 g/mol. The number of alkyl halides is 1. The van der Waals surface area contributed by atoms with Crippen molar-refractivity contribution in [1.82, 2.24) is 20.4 Å². The SMILES string of the molecule is Fc1cccc(F)c1-c1ccc(CCl)nn1.[N-]=[N+]=NCc1cnnc(-c2c(F)cccc2F)c1. The molecule has 0 saturated heterocycles. The van der Waals surface area contributed by atoms with E-state index in [1.54, 1.807) is 6.07 Å². The van der Waals surface area contributed by atoms with Crippen LogP contribution in [0.1, 0.15) is 11.3 Å². The summed E-state index contributed by atoms with van der Waals surface area (Å²) in [5.41, 5.74) is 9.10. The Balaban J connectivity index is 0.000000192. The van der Waals surface area contributed by atoms with Crippen molar-refractivity contribution >= 4 is 11.6 Å². The van der Waals surface area contributed by atoms with Crippen LogP contribution in [0.5, 0.6) is 0 Å². The number of hydrogen-bond acceptors (Lipinski definition) is 5. The van der Waals surface area contributed by atoms with Crippen LogP contribution in [-0.2, 0) is 12.4 Å². The molecule has 2 aromatic carbocycles. The first-order chi connectivity index (χ1) is 16.4. The van der Waals surface area contributed by atoms with E-state index < -0.39 is 23.3 Å². The van der Waals surface area contributed by atoms with Gasteiger partial charge in [-0.15, -0.1) is 11.6 Å². The maximum absolute atomic E-state index is 13.5. The highest BCUT2D eigenvalue weighted by atomic mass is 35.5. The fourth-order valence-corrected chi connectivity index (χ4v) is 2.92. The number of nitrogens with zero attached hydrogens (tertiary/aromatic N) is 7. The normalized spacial score (nSPS) is 10.1. The summed E-state index contributed by atoms with van der Waals surface area (Å²) in [6, 6.07) is 11.7. The lowest BCUT2D eigenvalue weighted by Gasteiger charge is -2.04. The van der Waals surface area contributed by atoms with E-state index in [4.69, 9.17) is 17.1 Å². The summed E-state index contributed by atoms with van der Waals surface area (Å²) in [5.74, 6) is -2.54. The van der Waals surface area contributed by atoms with E-state index in [-0.39, 0.29) is 34.9 Å². The zero-order valence-electron chi connectivity index (χ0n) is 17.2. The van der Waals surface area contributed by atoms with E-state index in [9.17, 15) is 17.6 Å². The van der Waals surface area contributed by atoms with Crippen LogP contribution in [0.3, 0.4) is 0 Å². The van der Waals surface area contributed by atoms with Gasteiger partial charge in [-0.05, 0) is 53.6 Å². The molecule has 0 radical (unpaired) electrons. The second-order valence-electron chi connectivity index (χ2n) is 6.57. The first kappa shape index (κ1) is 24.6. The van der Waals surface area contributed by atoms with E-state index >= 15 is 0 Å². The van der Waals surface area contributed by atoms with Gasteiger partial charge in [-0.2, -0.15) is 20.4 Å². The van der Waals surface area contributed by atoms with E-state index in [1.807, 2.05) is 0 Å². The Labute approximate surface area is 195 Å². The van der Waals surface area contributed by atoms with Crippen LogP contribution in [0.25, 0.3) is 33.0 Å². The molecule has 0 atom stereocenters. The number of halogens is 5. The molecule has 0 bridgehead atoms. The van der Waals surface area contributed by atoms with Gasteiger partial charge in [-0.3, -0.25) is 0 Å². The van der Waals surface area contributed by atoms with Gasteiger partial charge in [0.05, 0.1) is 46.8 Å². The van der Waals surface area contributed by atoms with Crippen molar-refractivity contribution in [2.75, 3.05) is 0 Å². The smallest absolute Gasteiger partial charge is 0.135 e. The Morgan fingerprint density at radius 1 is 0.794 bits per heavy atom. The Kier molecular flexibility index (Phi) is 8.44. The van der Waals surface area contributed by atoms with Crippen LogP contribution in [0.4, 0.5) is 17.6 Å². The summed E-state index contributed by atoms with van der Waals surface area (Å²) >= 11 is 5.54. The van der Waals surface area contributed by atoms with Gasteiger partial charge >= 0.3 is 0 Å². The highest BCUT2D eigenvalue weighted by Gasteiger charge is 2.13. The Bertz CT molecular complexity index is 1290. The Morgan fingerprint density at radius 3 is 1.88 bits per heavy atom. The molecular formula is C22H14ClF4N7. The fraction of sp³-hybridized carbons (Fsp3) is 0.0909. The Morgan fingerprint density at radius 2 is 1.38 bits per heavy atom. The van der Waals surface area contributed by atoms with Gasteiger partial charge in [0.15, 0.2) is 0 Å². The molecule has 0 saturated carbocycles. The maximum Gasteiger partial charge on any atom is 0.135 e. The van der Waals surface area contributed by atoms with Crippen LogP contribution >= 0.6 is 11.6 Å². The Hall–Kier alpha value is -4.08. The molecule has 0 aliphatic heterocycles. The van der Waals surface area contributed by atoms with E-state index in [0.717, 1.165) is 12.1 Å². The minimum Gasteiger partial charge on any atom is -0.206 e. The average Bonchev–Trinajstić information content (AvgIpc) is 2.84. The topological polar surface area (TPSA) is 100 Å². The predicted molar refractivity (Wildman–Crippen MR) is 117 cm³/mol.